The first-order chi connectivity index (χ1) is 12.8. The third-order valence-corrected chi connectivity index (χ3v) is 5.89. The Balaban J connectivity index is 1.79. The SMILES string of the molecule is C=CCn1c(SCc2ccccc2)nc2scc(-c3ccco3)c2c1=O. The molecule has 4 aromatic rings. The van der Waals surface area contributed by atoms with E-state index in [1.807, 2.05) is 35.7 Å². The molecule has 3 aromatic heterocycles. The molecule has 0 unspecified atom stereocenters. The second-order valence-electron chi connectivity index (χ2n) is 5.68. The Morgan fingerprint density at radius 2 is 2.08 bits per heavy atom. The number of hydrogen-bond acceptors (Lipinski definition) is 5. The van der Waals surface area contributed by atoms with E-state index in [0.717, 1.165) is 16.1 Å². The van der Waals surface area contributed by atoms with Gasteiger partial charge in [-0.2, -0.15) is 0 Å². The molecule has 0 N–H and O–H groups in total. The van der Waals surface area contributed by atoms with Crippen LogP contribution in [0.25, 0.3) is 21.5 Å². The molecule has 3 heterocycles. The lowest BCUT2D eigenvalue weighted by Gasteiger charge is -2.10. The quantitative estimate of drug-likeness (QED) is 0.262. The van der Waals surface area contributed by atoms with Gasteiger partial charge in [-0.25, -0.2) is 4.98 Å². The van der Waals surface area contributed by atoms with E-state index in [1.165, 1.54) is 16.9 Å². The van der Waals surface area contributed by atoms with Crippen molar-refractivity contribution >= 4 is 33.3 Å². The van der Waals surface area contributed by atoms with E-state index in [2.05, 4.69) is 18.7 Å². The summed E-state index contributed by atoms with van der Waals surface area (Å²) in [7, 11) is 0. The van der Waals surface area contributed by atoms with Crippen molar-refractivity contribution < 1.29 is 4.42 Å². The van der Waals surface area contributed by atoms with Crippen molar-refractivity contribution in [3.8, 4) is 11.3 Å². The summed E-state index contributed by atoms with van der Waals surface area (Å²) in [6.07, 6.45) is 3.33. The van der Waals surface area contributed by atoms with Crippen molar-refractivity contribution in [2.75, 3.05) is 0 Å². The van der Waals surface area contributed by atoms with Gasteiger partial charge in [0.05, 0.1) is 11.6 Å². The number of nitrogens with zero attached hydrogens (tertiary/aromatic N) is 2. The first kappa shape index (κ1) is 16.9. The van der Waals surface area contributed by atoms with Crippen molar-refractivity contribution in [3.63, 3.8) is 0 Å². The van der Waals surface area contributed by atoms with Gasteiger partial charge in [0.1, 0.15) is 10.6 Å². The largest absolute Gasteiger partial charge is 0.464 e. The second kappa shape index (κ2) is 7.35. The Morgan fingerprint density at radius 1 is 1.23 bits per heavy atom. The van der Waals surface area contributed by atoms with Gasteiger partial charge >= 0.3 is 0 Å². The third kappa shape index (κ3) is 3.13. The van der Waals surface area contributed by atoms with E-state index < -0.39 is 0 Å². The molecule has 0 aliphatic carbocycles. The first-order valence-electron chi connectivity index (χ1n) is 8.11. The fourth-order valence-corrected chi connectivity index (χ4v) is 4.67. The maximum Gasteiger partial charge on any atom is 0.263 e. The molecule has 26 heavy (non-hydrogen) atoms. The van der Waals surface area contributed by atoms with Gasteiger partial charge in [0, 0.05) is 23.2 Å². The number of thiophene rings is 1. The minimum absolute atomic E-state index is 0.0573. The lowest BCUT2D eigenvalue weighted by atomic mass is 10.2. The summed E-state index contributed by atoms with van der Waals surface area (Å²) in [6, 6.07) is 13.8. The van der Waals surface area contributed by atoms with E-state index in [1.54, 1.807) is 28.7 Å². The van der Waals surface area contributed by atoms with Gasteiger partial charge in [0.25, 0.3) is 5.56 Å². The molecule has 0 bridgehead atoms. The molecule has 0 aliphatic heterocycles. The van der Waals surface area contributed by atoms with E-state index in [9.17, 15) is 4.79 Å². The van der Waals surface area contributed by atoms with Crippen LogP contribution in [-0.4, -0.2) is 9.55 Å². The minimum Gasteiger partial charge on any atom is -0.464 e. The van der Waals surface area contributed by atoms with Crippen molar-refractivity contribution in [1.82, 2.24) is 9.55 Å². The standard InChI is InChI=1S/C20H16N2O2S2/c1-2-10-22-19(23)17-15(16-9-6-11-24-16)13-25-18(17)21-20(22)26-12-14-7-4-3-5-8-14/h2-9,11,13H,1,10,12H2. The maximum atomic E-state index is 13.2. The predicted octanol–water partition coefficient (Wildman–Crippen LogP) is 5.20. The molecule has 0 amide bonds. The number of thioether (sulfide) groups is 1. The third-order valence-electron chi connectivity index (χ3n) is 3.97. The Hall–Kier alpha value is -2.57. The lowest BCUT2D eigenvalue weighted by Crippen LogP contribution is -2.22. The van der Waals surface area contributed by atoms with E-state index in [-0.39, 0.29) is 5.56 Å². The second-order valence-corrected chi connectivity index (χ2v) is 7.48. The maximum absolute atomic E-state index is 13.2. The Labute approximate surface area is 158 Å². The number of allylic oxidation sites excluding steroid dienone is 1. The highest BCUT2D eigenvalue weighted by atomic mass is 32.2. The van der Waals surface area contributed by atoms with E-state index in [4.69, 9.17) is 9.40 Å². The van der Waals surface area contributed by atoms with Crippen LogP contribution in [0, 0.1) is 0 Å². The van der Waals surface area contributed by atoms with Gasteiger partial charge in [0.15, 0.2) is 5.16 Å². The van der Waals surface area contributed by atoms with Crippen LogP contribution in [0.4, 0.5) is 0 Å². The molecule has 0 fully saturated rings. The fraction of sp³-hybridized carbons (Fsp3) is 0.100. The number of furan rings is 1. The highest BCUT2D eigenvalue weighted by Gasteiger charge is 2.18. The highest BCUT2D eigenvalue weighted by Crippen LogP contribution is 2.32. The van der Waals surface area contributed by atoms with Gasteiger partial charge in [-0.3, -0.25) is 9.36 Å². The average molecular weight is 380 g/mol. The van der Waals surface area contributed by atoms with E-state index >= 15 is 0 Å². The highest BCUT2D eigenvalue weighted by molar-refractivity contribution is 7.98. The molecule has 4 nitrogen and oxygen atoms in total. The lowest BCUT2D eigenvalue weighted by molar-refractivity contribution is 0.583. The summed E-state index contributed by atoms with van der Waals surface area (Å²) >= 11 is 3.03. The molecule has 0 aliphatic rings. The van der Waals surface area contributed by atoms with Gasteiger partial charge in [0.2, 0.25) is 0 Å². The summed E-state index contributed by atoms with van der Waals surface area (Å²) < 4.78 is 7.16. The molecule has 0 atom stereocenters. The Kier molecular flexibility index (Phi) is 4.77. The molecule has 1 aromatic carbocycles. The number of rotatable bonds is 6. The zero-order chi connectivity index (χ0) is 17.9. The van der Waals surface area contributed by atoms with Crippen LogP contribution in [0.5, 0.6) is 0 Å². The monoisotopic (exact) mass is 380 g/mol. The Morgan fingerprint density at radius 3 is 2.81 bits per heavy atom. The Bertz CT molecular complexity index is 1100. The smallest absolute Gasteiger partial charge is 0.263 e. The van der Waals surface area contributed by atoms with Gasteiger partial charge in [-0.05, 0) is 17.7 Å². The normalized spacial score (nSPS) is 11.1. The number of aromatic nitrogens is 2. The summed E-state index contributed by atoms with van der Waals surface area (Å²) in [5.74, 6) is 1.44. The molecule has 6 heteroatoms. The zero-order valence-corrected chi connectivity index (χ0v) is 15.6. The van der Waals surface area contributed by atoms with Crippen molar-refractivity contribution in [1.29, 1.82) is 0 Å². The average Bonchev–Trinajstić information content (AvgIpc) is 3.33. The van der Waals surface area contributed by atoms with Gasteiger partial charge < -0.3 is 4.42 Å². The molecule has 0 radical (unpaired) electrons. The molecule has 4 rings (SSSR count). The van der Waals surface area contributed by atoms with Crippen LogP contribution in [0.15, 0.2) is 81.1 Å². The van der Waals surface area contributed by atoms with Crippen LogP contribution >= 0.6 is 23.1 Å². The molecule has 130 valence electrons. The first-order valence-corrected chi connectivity index (χ1v) is 9.98. The summed E-state index contributed by atoms with van der Waals surface area (Å²) in [5.41, 5.74) is 1.93. The van der Waals surface area contributed by atoms with Crippen LogP contribution in [-0.2, 0) is 12.3 Å². The van der Waals surface area contributed by atoms with Crippen LogP contribution in [0.1, 0.15) is 5.56 Å². The van der Waals surface area contributed by atoms with Gasteiger partial charge in [-0.1, -0.05) is 48.2 Å². The number of benzene rings is 1. The zero-order valence-electron chi connectivity index (χ0n) is 13.9. The van der Waals surface area contributed by atoms with Crippen molar-refractivity contribution in [2.24, 2.45) is 0 Å². The summed E-state index contributed by atoms with van der Waals surface area (Å²) in [4.78, 5) is 18.6. The van der Waals surface area contributed by atoms with Crippen molar-refractivity contribution in [3.05, 3.63) is 82.7 Å². The van der Waals surface area contributed by atoms with Gasteiger partial charge in [-0.15, -0.1) is 17.9 Å². The topological polar surface area (TPSA) is 48.0 Å². The molecule has 0 saturated heterocycles. The number of fused-ring (bicyclic) bond motifs is 1. The molecule has 0 spiro atoms. The molecular weight excluding hydrogens is 364 g/mol. The van der Waals surface area contributed by atoms with Crippen LogP contribution < -0.4 is 5.56 Å². The predicted molar refractivity (Wildman–Crippen MR) is 108 cm³/mol. The van der Waals surface area contributed by atoms with Crippen LogP contribution in [0.2, 0.25) is 0 Å². The molecule has 0 saturated carbocycles. The minimum atomic E-state index is -0.0573. The van der Waals surface area contributed by atoms with Crippen molar-refractivity contribution in [2.45, 2.75) is 17.5 Å². The summed E-state index contributed by atoms with van der Waals surface area (Å²) in [5, 5.41) is 3.25. The number of hydrogen-bond donors (Lipinski definition) is 0. The fourth-order valence-electron chi connectivity index (χ4n) is 2.74. The van der Waals surface area contributed by atoms with E-state index in [0.29, 0.717) is 22.8 Å². The molecular formula is C20H16N2O2S2. The summed E-state index contributed by atoms with van der Waals surface area (Å²) in [6.45, 7) is 4.21. The van der Waals surface area contributed by atoms with Crippen LogP contribution in [0.3, 0.4) is 0 Å².